The molecule has 2 heteroatoms. The van der Waals surface area contributed by atoms with Crippen molar-refractivity contribution in [1.29, 1.82) is 0 Å². The average Bonchev–Trinajstić information content (AvgIpc) is 2.32. The number of unbranched alkanes of at least 4 members (excludes halogenated alkanes) is 3. The summed E-state index contributed by atoms with van der Waals surface area (Å²) >= 11 is 6.04. The van der Waals surface area contributed by atoms with E-state index in [1.165, 1.54) is 0 Å². The van der Waals surface area contributed by atoms with Crippen LogP contribution in [0.3, 0.4) is 0 Å². The molecule has 1 rings (SSSR count). The predicted molar refractivity (Wildman–Crippen MR) is 74.4 cm³/mol. The molecular formula is C15H21ClO. The molecule has 0 heterocycles. The molecule has 0 aromatic heterocycles. The van der Waals surface area contributed by atoms with Gasteiger partial charge in [-0.15, -0.1) is 6.58 Å². The first-order valence-corrected chi connectivity index (χ1v) is 6.58. The maximum absolute atomic E-state index is 10.1. The lowest BCUT2D eigenvalue weighted by Crippen LogP contribution is -2.00. The number of hydrogen-bond acceptors (Lipinski definition) is 1. The molecule has 1 atom stereocenters. The fraction of sp³-hybridized carbons (Fsp3) is 0.467. The van der Waals surface area contributed by atoms with Gasteiger partial charge in [-0.05, 0) is 43.4 Å². The second kappa shape index (κ2) is 7.52. The summed E-state index contributed by atoms with van der Waals surface area (Å²) in [5.74, 6) is 0. The quantitative estimate of drug-likeness (QED) is 0.545. The second-order valence-electron chi connectivity index (χ2n) is 4.40. The Morgan fingerprint density at radius 3 is 2.82 bits per heavy atom. The smallest absolute Gasteiger partial charge is 0.0793 e. The SMILES string of the molecule is C=CCCCCCC(O)c1cccc(Cl)c1C. The Labute approximate surface area is 109 Å². The van der Waals surface area contributed by atoms with Gasteiger partial charge in [0.1, 0.15) is 0 Å². The number of hydrogen-bond donors (Lipinski definition) is 1. The minimum absolute atomic E-state index is 0.391. The molecule has 0 aliphatic rings. The van der Waals surface area contributed by atoms with Crippen molar-refractivity contribution in [3.8, 4) is 0 Å². The third-order valence-electron chi connectivity index (χ3n) is 3.05. The summed E-state index contributed by atoms with van der Waals surface area (Å²) < 4.78 is 0. The molecule has 0 fully saturated rings. The average molecular weight is 253 g/mol. The fourth-order valence-corrected chi connectivity index (χ4v) is 2.13. The Hall–Kier alpha value is -0.790. The zero-order valence-electron chi connectivity index (χ0n) is 10.5. The van der Waals surface area contributed by atoms with E-state index in [9.17, 15) is 5.11 Å². The van der Waals surface area contributed by atoms with Gasteiger partial charge in [0.25, 0.3) is 0 Å². The van der Waals surface area contributed by atoms with Crippen LogP contribution < -0.4 is 0 Å². The van der Waals surface area contributed by atoms with E-state index >= 15 is 0 Å². The molecule has 17 heavy (non-hydrogen) atoms. The number of aliphatic hydroxyl groups excluding tert-OH is 1. The van der Waals surface area contributed by atoms with Gasteiger partial charge in [0.05, 0.1) is 6.10 Å². The van der Waals surface area contributed by atoms with Gasteiger partial charge in [0, 0.05) is 5.02 Å². The normalized spacial score (nSPS) is 12.4. The van der Waals surface area contributed by atoms with Gasteiger partial charge in [-0.25, -0.2) is 0 Å². The minimum Gasteiger partial charge on any atom is -0.388 e. The highest BCUT2D eigenvalue weighted by molar-refractivity contribution is 6.31. The van der Waals surface area contributed by atoms with E-state index in [1.807, 2.05) is 31.2 Å². The van der Waals surface area contributed by atoms with E-state index in [0.717, 1.165) is 48.3 Å². The number of benzene rings is 1. The van der Waals surface area contributed by atoms with Crippen LogP contribution >= 0.6 is 11.6 Å². The lowest BCUT2D eigenvalue weighted by atomic mass is 9.98. The Bertz CT molecular complexity index is 360. The summed E-state index contributed by atoms with van der Waals surface area (Å²) in [6.45, 7) is 5.66. The first kappa shape index (κ1) is 14.3. The van der Waals surface area contributed by atoms with Gasteiger partial charge < -0.3 is 5.11 Å². The van der Waals surface area contributed by atoms with Crippen LogP contribution in [0.1, 0.15) is 49.3 Å². The van der Waals surface area contributed by atoms with Gasteiger partial charge in [-0.3, -0.25) is 0 Å². The molecule has 1 unspecified atom stereocenters. The Morgan fingerprint density at radius 1 is 1.35 bits per heavy atom. The summed E-state index contributed by atoms with van der Waals surface area (Å²) in [6, 6.07) is 5.71. The highest BCUT2D eigenvalue weighted by Gasteiger charge is 2.11. The van der Waals surface area contributed by atoms with Crippen molar-refractivity contribution in [3.05, 3.63) is 47.0 Å². The number of halogens is 1. The van der Waals surface area contributed by atoms with Crippen LogP contribution in [0.15, 0.2) is 30.9 Å². The first-order valence-electron chi connectivity index (χ1n) is 6.20. The van der Waals surface area contributed by atoms with Crippen molar-refractivity contribution in [1.82, 2.24) is 0 Å². The van der Waals surface area contributed by atoms with Crippen LogP contribution in [0.5, 0.6) is 0 Å². The van der Waals surface area contributed by atoms with Gasteiger partial charge >= 0.3 is 0 Å². The molecule has 0 saturated carbocycles. The number of aliphatic hydroxyl groups is 1. The van der Waals surface area contributed by atoms with Gasteiger partial charge in [0.2, 0.25) is 0 Å². The number of allylic oxidation sites excluding steroid dienone is 1. The van der Waals surface area contributed by atoms with Crippen molar-refractivity contribution >= 4 is 11.6 Å². The zero-order chi connectivity index (χ0) is 12.7. The molecule has 0 aliphatic carbocycles. The Kier molecular flexibility index (Phi) is 6.31. The summed E-state index contributed by atoms with van der Waals surface area (Å²) in [5.41, 5.74) is 1.95. The summed E-state index contributed by atoms with van der Waals surface area (Å²) in [4.78, 5) is 0. The third kappa shape index (κ3) is 4.53. The maximum Gasteiger partial charge on any atom is 0.0793 e. The van der Waals surface area contributed by atoms with Crippen LogP contribution in [0.2, 0.25) is 5.02 Å². The van der Waals surface area contributed by atoms with Crippen molar-refractivity contribution in [3.63, 3.8) is 0 Å². The fourth-order valence-electron chi connectivity index (χ4n) is 1.94. The van der Waals surface area contributed by atoms with E-state index in [-0.39, 0.29) is 0 Å². The highest BCUT2D eigenvalue weighted by atomic mass is 35.5. The first-order chi connectivity index (χ1) is 8.16. The molecular weight excluding hydrogens is 232 g/mol. The van der Waals surface area contributed by atoms with Crippen molar-refractivity contribution in [2.75, 3.05) is 0 Å². The van der Waals surface area contributed by atoms with Crippen molar-refractivity contribution in [2.24, 2.45) is 0 Å². The van der Waals surface area contributed by atoms with E-state index in [4.69, 9.17) is 11.6 Å². The minimum atomic E-state index is -0.391. The van der Waals surface area contributed by atoms with Crippen LogP contribution in [0.25, 0.3) is 0 Å². The molecule has 1 N–H and O–H groups in total. The lowest BCUT2D eigenvalue weighted by molar-refractivity contribution is 0.163. The van der Waals surface area contributed by atoms with Crippen LogP contribution in [0.4, 0.5) is 0 Å². The Balaban J connectivity index is 2.44. The van der Waals surface area contributed by atoms with E-state index in [2.05, 4.69) is 6.58 Å². The molecule has 1 aromatic carbocycles. The zero-order valence-corrected chi connectivity index (χ0v) is 11.2. The van der Waals surface area contributed by atoms with Crippen LogP contribution in [0, 0.1) is 6.92 Å². The summed E-state index contributed by atoms with van der Waals surface area (Å²) in [7, 11) is 0. The molecule has 0 bridgehead atoms. The Morgan fingerprint density at radius 2 is 2.12 bits per heavy atom. The summed E-state index contributed by atoms with van der Waals surface area (Å²) in [5, 5.41) is 10.8. The molecule has 94 valence electrons. The molecule has 1 aromatic rings. The molecule has 0 spiro atoms. The second-order valence-corrected chi connectivity index (χ2v) is 4.80. The topological polar surface area (TPSA) is 20.2 Å². The lowest BCUT2D eigenvalue weighted by Gasteiger charge is -2.14. The van der Waals surface area contributed by atoms with Gasteiger partial charge in [0.15, 0.2) is 0 Å². The largest absolute Gasteiger partial charge is 0.388 e. The van der Waals surface area contributed by atoms with Crippen LogP contribution in [-0.2, 0) is 0 Å². The van der Waals surface area contributed by atoms with Crippen molar-refractivity contribution in [2.45, 2.75) is 45.1 Å². The number of rotatable bonds is 7. The van der Waals surface area contributed by atoms with Gasteiger partial charge in [-0.1, -0.05) is 42.7 Å². The summed E-state index contributed by atoms with van der Waals surface area (Å²) in [6.07, 6.45) is 6.76. The van der Waals surface area contributed by atoms with E-state index in [1.54, 1.807) is 0 Å². The molecule has 0 saturated heterocycles. The maximum atomic E-state index is 10.1. The van der Waals surface area contributed by atoms with Crippen molar-refractivity contribution < 1.29 is 5.11 Å². The third-order valence-corrected chi connectivity index (χ3v) is 3.46. The molecule has 0 amide bonds. The molecule has 0 aliphatic heterocycles. The predicted octanol–water partition coefficient (Wildman–Crippen LogP) is 4.82. The van der Waals surface area contributed by atoms with Crippen LogP contribution in [-0.4, -0.2) is 5.11 Å². The van der Waals surface area contributed by atoms with Gasteiger partial charge in [-0.2, -0.15) is 0 Å². The van der Waals surface area contributed by atoms with E-state index in [0.29, 0.717) is 0 Å². The monoisotopic (exact) mass is 252 g/mol. The molecule has 1 nitrogen and oxygen atoms in total. The standard InChI is InChI=1S/C15H21ClO/c1-3-4-5-6-7-11-15(17)13-9-8-10-14(16)12(13)2/h3,8-10,15,17H,1,4-7,11H2,2H3. The highest BCUT2D eigenvalue weighted by Crippen LogP contribution is 2.27. The van der Waals surface area contributed by atoms with E-state index < -0.39 is 6.10 Å². The molecule has 0 radical (unpaired) electrons.